The zero-order valence-electron chi connectivity index (χ0n) is 10.6. The van der Waals surface area contributed by atoms with Crippen LogP contribution in [0.15, 0.2) is 29.0 Å². The number of aryl methyl sites for hydroxylation is 1. The van der Waals surface area contributed by atoms with Gasteiger partial charge in [-0.25, -0.2) is 9.67 Å². The number of carbonyl (C=O) groups excluding carboxylic acids is 1. The van der Waals surface area contributed by atoms with Gasteiger partial charge in [-0.15, -0.1) is 0 Å². The lowest BCUT2D eigenvalue weighted by molar-refractivity contribution is 0.0949. The number of nitrogens with zero attached hydrogens (tertiary/aromatic N) is 3. The number of nitrogens with one attached hydrogen (secondary N) is 1. The fourth-order valence-electron chi connectivity index (χ4n) is 1.61. The lowest BCUT2D eigenvalue weighted by Crippen LogP contribution is -2.23. The van der Waals surface area contributed by atoms with Gasteiger partial charge in [0, 0.05) is 19.3 Å². The molecule has 7 heteroatoms. The van der Waals surface area contributed by atoms with Crippen LogP contribution < -0.4 is 10.1 Å². The van der Waals surface area contributed by atoms with E-state index >= 15 is 0 Å². The summed E-state index contributed by atoms with van der Waals surface area (Å²) in [6, 6.07) is 5.19. The van der Waals surface area contributed by atoms with Crippen LogP contribution in [-0.4, -0.2) is 27.8 Å². The van der Waals surface area contributed by atoms with Gasteiger partial charge in [0.25, 0.3) is 5.91 Å². The van der Waals surface area contributed by atoms with Crippen LogP contribution >= 0.6 is 15.9 Å². The minimum atomic E-state index is -0.204. The second-order valence-corrected chi connectivity index (χ2v) is 4.58. The van der Waals surface area contributed by atoms with Gasteiger partial charge in [-0.2, -0.15) is 5.10 Å². The maximum absolute atomic E-state index is 12.0. The maximum atomic E-state index is 12.0. The van der Waals surface area contributed by atoms with Crippen molar-refractivity contribution in [1.29, 1.82) is 0 Å². The summed E-state index contributed by atoms with van der Waals surface area (Å²) in [6.45, 7) is 0.331. The van der Waals surface area contributed by atoms with Gasteiger partial charge in [0.1, 0.15) is 4.60 Å². The van der Waals surface area contributed by atoms with E-state index in [2.05, 4.69) is 31.3 Å². The fourth-order valence-corrected chi connectivity index (χ4v) is 2.04. The summed E-state index contributed by atoms with van der Waals surface area (Å²) in [5.74, 6) is 0.441. The van der Waals surface area contributed by atoms with Gasteiger partial charge in [-0.3, -0.25) is 4.79 Å². The third-order valence-electron chi connectivity index (χ3n) is 2.53. The first-order valence-electron chi connectivity index (χ1n) is 5.57. The molecule has 2 heterocycles. The average Bonchev–Trinajstić information content (AvgIpc) is 2.77. The molecule has 0 aliphatic rings. The number of halogens is 1. The van der Waals surface area contributed by atoms with E-state index in [1.807, 2.05) is 0 Å². The molecule has 0 aromatic carbocycles. The van der Waals surface area contributed by atoms with Gasteiger partial charge in [0.2, 0.25) is 5.88 Å². The van der Waals surface area contributed by atoms with E-state index < -0.39 is 0 Å². The van der Waals surface area contributed by atoms with E-state index in [1.54, 1.807) is 43.2 Å². The molecule has 0 saturated carbocycles. The standard InChI is InChI=1S/C12H13BrN4O2/c1-17-10(19-2)6-8(16-17)7-15-12(18)9-4-3-5-14-11(9)13/h3-6H,7H2,1-2H3,(H,15,18). The monoisotopic (exact) mass is 324 g/mol. The quantitative estimate of drug-likeness (QED) is 0.866. The highest BCUT2D eigenvalue weighted by molar-refractivity contribution is 9.10. The highest BCUT2D eigenvalue weighted by Crippen LogP contribution is 2.13. The number of ether oxygens (including phenoxy) is 1. The number of hydrogen-bond acceptors (Lipinski definition) is 4. The van der Waals surface area contributed by atoms with Gasteiger partial charge < -0.3 is 10.1 Å². The van der Waals surface area contributed by atoms with Gasteiger partial charge in [0.15, 0.2) is 0 Å². The molecule has 0 spiro atoms. The molecule has 0 unspecified atom stereocenters. The van der Waals surface area contributed by atoms with E-state index in [1.165, 1.54) is 0 Å². The predicted molar refractivity (Wildman–Crippen MR) is 72.9 cm³/mol. The molecule has 2 aromatic rings. The Labute approximate surface area is 118 Å². The summed E-state index contributed by atoms with van der Waals surface area (Å²) in [4.78, 5) is 16.0. The van der Waals surface area contributed by atoms with E-state index in [0.717, 1.165) is 5.69 Å². The Morgan fingerprint density at radius 1 is 1.58 bits per heavy atom. The topological polar surface area (TPSA) is 69.0 Å². The van der Waals surface area contributed by atoms with Crippen molar-refractivity contribution in [1.82, 2.24) is 20.1 Å². The third kappa shape index (κ3) is 3.11. The molecule has 0 fully saturated rings. The van der Waals surface area contributed by atoms with Crippen LogP contribution in [0.4, 0.5) is 0 Å². The van der Waals surface area contributed by atoms with E-state index in [9.17, 15) is 4.79 Å². The smallest absolute Gasteiger partial charge is 0.254 e. The van der Waals surface area contributed by atoms with Crippen molar-refractivity contribution < 1.29 is 9.53 Å². The predicted octanol–water partition coefficient (Wildman–Crippen LogP) is 1.52. The molecule has 0 atom stereocenters. The van der Waals surface area contributed by atoms with Crippen molar-refractivity contribution in [3.05, 3.63) is 40.3 Å². The van der Waals surface area contributed by atoms with Crippen LogP contribution in [0.25, 0.3) is 0 Å². The molecule has 0 bridgehead atoms. The molecular weight excluding hydrogens is 312 g/mol. The number of amides is 1. The van der Waals surface area contributed by atoms with Crippen LogP contribution in [0.1, 0.15) is 16.1 Å². The zero-order chi connectivity index (χ0) is 13.8. The Bertz CT molecular complexity index is 597. The molecule has 0 saturated heterocycles. The molecule has 0 radical (unpaired) electrons. The third-order valence-corrected chi connectivity index (χ3v) is 3.16. The Morgan fingerprint density at radius 3 is 3.00 bits per heavy atom. The highest BCUT2D eigenvalue weighted by atomic mass is 79.9. The lowest BCUT2D eigenvalue weighted by Gasteiger charge is -2.04. The van der Waals surface area contributed by atoms with Crippen molar-refractivity contribution >= 4 is 21.8 Å². The van der Waals surface area contributed by atoms with Crippen LogP contribution in [0, 0.1) is 0 Å². The number of aromatic nitrogens is 3. The first kappa shape index (κ1) is 13.5. The normalized spacial score (nSPS) is 10.3. The molecule has 1 N–H and O–H groups in total. The Hall–Kier alpha value is -1.89. The highest BCUT2D eigenvalue weighted by Gasteiger charge is 2.11. The fraction of sp³-hybridized carbons (Fsp3) is 0.250. The SMILES string of the molecule is COc1cc(CNC(=O)c2cccnc2Br)nn1C. The summed E-state index contributed by atoms with van der Waals surface area (Å²) in [5.41, 5.74) is 1.22. The first-order chi connectivity index (χ1) is 9.11. The molecular formula is C12H13BrN4O2. The van der Waals surface area contributed by atoms with E-state index in [-0.39, 0.29) is 5.91 Å². The van der Waals surface area contributed by atoms with Gasteiger partial charge >= 0.3 is 0 Å². The van der Waals surface area contributed by atoms with Crippen molar-refractivity contribution in [2.75, 3.05) is 7.11 Å². The number of rotatable bonds is 4. The van der Waals surface area contributed by atoms with Crippen LogP contribution in [0.2, 0.25) is 0 Å². The molecule has 0 aliphatic carbocycles. The molecule has 1 amide bonds. The molecule has 19 heavy (non-hydrogen) atoms. The summed E-state index contributed by atoms with van der Waals surface area (Å²) >= 11 is 3.24. The largest absolute Gasteiger partial charge is 0.481 e. The number of methoxy groups -OCH3 is 1. The van der Waals surface area contributed by atoms with Gasteiger partial charge in [-0.05, 0) is 28.1 Å². The number of hydrogen-bond donors (Lipinski definition) is 1. The Morgan fingerprint density at radius 2 is 2.37 bits per heavy atom. The Kier molecular flexibility index (Phi) is 4.16. The summed E-state index contributed by atoms with van der Waals surface area (Å²) in [7, 11) is 3.36. The average molecular weight is 325 g/mol. The van der Waals surface area contributed by atoms with Gasteiger partial charge in [-0.1, -0.05) is 0 Å². The molecule has 2 aromatic heterocycles. The molecule has 100 valence electrons. The van der Waals surface area contributed by atoms with Crippen LogP contribution in [0.3, 0.4) is 0 Å². The number of carbonyl (C=O) groups is 1. The Balaban J connectivity index is 2.02. The van der Waals surface area contributed by atoms with E-state index in [0.29, 0.717) is 22.6 Å². The first-order valence-corrected chi connectivity index (χ1v) is 6.36. The summed E-state index contributed by atoms with van der Waals surface area (Å²) in [5, 5.41) is 7.00. The summed E-state index contributed by atoms with van der Waals surface area (Å²) in [6.07, 6.45) is 1.62. The minimum Gasteiger partial charge on any atom is -0.481 e. The van der Waals surface area contributed by atoms with E-state index in [4.69, 9.17) is 4.74 Å². The second kappa shape index (κ2) is 5.83. The number of pyridine rings is 1. The van der Waals surface area contributed by atoms with Crippen molar-refractivity contribution in [3.8, 4) is 5.88 Å². The van der Waals surface area contributed by atoms with Gasteiger partial charge in [0.05, 0.1) is 24.9 Å². The lowest BCUT2D eigenvalue weighted by atomic mass is 10.2. The maximum Gasteiger partial charge on any atom is 0.254 e. The summed E-state index contributed by atoms with van der Waals surface area (Å²) < 4.78 is 7.24. The molecule has 0 aliphatic heterocycles. The van der Waals surface area contributed by atoms with Crippen molar-refractivity contribution in [2.45, 2.75) is 6.54 Å². The van der Waals surface area contributed by atoms with Crippen LogP contribution in [0.5, 0.6) is 5.88 Å². The minimum absolute atomic E-state index is 0.204. The van der Waals surface area contributed by atoms with Crippen LogP contribution in [-0.2, 0) is 13.6 Å². The van der Waals surface area contributed by atoms with Crippen molar-refractivity contribution in [2.24, 2.45) is 7.05 Å². The second-order valence-electron chi connectivity index (χ2n) is 3.83. The molecule has 2 rings (SSSR count). The molecule has 6 nitrogen and oxygen atoms in total. The van der Waals surface area contributed by atoms with Crippen molar-refractivity contribution in [3.63, 3.8) is 0 Å². The zero-order valence-corrected chi connectivity index (χ0v) is 12.1.